The molecular formula is C32H40ClN3O5S. The summed E-state index contributed by atoms with van der Waals surface area (Å²) in [4.78, 5) is 28.9. The number of ether oxygens (including phenoxy) is 1. The van der Waals surface area contributed by atoms with Crippen LogP contribution in [0, 0.1) is 12.8 Å². The van der Waals surface area contributed by atoms with Gasteiger partial charge in [-0.3, -0.25) is 13.9 Å². The van der Waals surface area contributed by atoms with E-state index in [0.717, 1.165) is 9.87 Å². The molecule has 0 unspecified atom stereocenters. The Bertz CT molecular complexity index is 1440. The molecule has 2 amide bonds. The smallest absolute Gasteiger partial charge is 0.264 e. The predicted octanol–water partition coefficient (Wildman–Crippen LogP) is 5.82. The molecule has 8 nitrogen and oxygen atoms in total. The summed E-state index contributed by atoms with van der Waals surface area (Å²) in [6.45, 7) is 9.95. The van der Waals surface area contributed by atoms with Crippen molar-refractivity contribution in [3.63, 3.8) is 0 Å². The van der Waals surface area contributed by atoms with Crippen LogP contribution in [-0.2, 0) is 26.2 Å². The molecule has 3 aromatic carbocycles. The molecule has 1 atom stereocenters. The number of aryl methyl sites for hydroxylation is 1. The molecule has 3 aromatic rings. The third-order valence-corrected chi connectivity index (χ3v) is 8.85. The summed E-state index contributed by atoms with van der Waals surface area (Å²) in [5.74, 6) is -0.0756. The molecule has 1 N–H and O–H groups in total. The summed E-state index contributed by atoms with van der Waals surface area (Å²) in [5, 5.41) is 3.37. The van der Waals surface area contributed by atoms with Crippen LogP contribution in [0.1, 0.15) is 45.2 Å². The van der Waals surface area contributed by atoms with Crippen LogP contribution in [-0.4, -0.2) is 50.9 Å². The van der Waals surface area contributed by atoms with Crippen LogP contribution in [0.4, 0.5) is 5.69 Å². The van der Waals surface area contributed by atoms with Gasteiger partial charge in [0.25, 0.3) is 10.0 Å². The largest absolute Gasteiger partial charge is 0.494 e. The van der Waals surface area contributed by atoms with Gasteiger partial charge in [-0.15, -0.1) is 0 Å². The third kappa shape index (κ3) is 8.49. The Kier molecular flexibility index (Phi) is 11.8. The van der Waals surface area contributed by atoms with Crippen LogP contribution in [0.5, 0.6) is 5.75 Å². The van der Waals surface area contributed by atoms with Gasteiger partial charge in [0.2, 0.25) is 11.8 Å². The van der Waals surface area contributed by atoms with E-state index >= 15 is 0 Å². The SMILES string of the molecule is CCOc1ccc(S(=O)(=O)N(CC(=O)N(Cc2ccccc2Cl)[C@@H](CC)C(=O)NCC(C)C)c2ccc(C)cc2)cc1. The Morgan fingerprint density at radius 2 is 1.60 bits per heavy atom. The van der Waals surface area contributed by atoms with Crippen molar-refractivity contribution in [3.8, 4) is 5.75 Å². The highest BCUT2D eigenvalue weighted by Gasteiger charge is 2.34. The molecule has 0 heterocycles. The fourth-order valence-corrected chi connectivity index (χ4v) is 6.00. The lowest BCUT2D eigenvalue weighted by molar-refractivity contribution is -0.140. The lowest BCUT2D eigenvalue weighted by Crippen LogP contribution is -2.52. The van der Waals surface area contributed by atoms with Crippen LogP contribution >= 0.6 is 11.6 Å². The van der Waals surface area contributed by atoms with Crippen molar-refractivity contribution in [2.24, 2.45) is 5.92 Å². The topological polar surface area (TPSA) is 96.0 Å². The highest BCUT2D eigenvalue weighted by molar-refractivity contribution is 7.92. The van der Waals surface area contributed by atoms with Gasteiger partial charge in [-0.05, 0) is 74.2 Å². The Morgan fingerprint density at radius 1 is 0.952 bits per heavy atom. The Hall–Kier alpha value is -3.56. The molecule has 10 heteroatoms. The number of amides is 2. The molecular weight excluding hydrogens is 574 g/mol. The van der Waals surface area contributed by atoms with E-state index in [9.17, 15) is 18.0 Å². The van der Waals surface area contributed by atoms with E-state index in [4.69, 9.17) is 16.3 Å². The van der Waals surface area contributed by atoms with Crippen LogP contribution in [0.2, 0.25) is 5.02 Å². The minimum absolute atomic E-state index is 0.0127. The van der Waals surface area contributed by atoms with Gasteiger partial charge in [0.15, 0.2) is 0 Å². The summed E-state index contributed by atoms with van der Waals surface area (Å²) in [7, 11) is -4.18. The molecule has 0 aromatic heterocycles. The maximum atomic E-state index is 14.1. The van der Waals surface area contributed by atoms with E-state index in [1.165, 1.54) is 17.0 Å². The standard InChI is InChI=1S/C32H40ClN3O5S/c1-6-30(32(38)34-20-23(3)4)35(21-25-10-8-9-11-29(25)33)31(37)22-36(26-14-12-24(5)13-15-26)42(39,40)28-18-16-27(17-19-28)41-7-2/h8-19,23,30H,6-7,20-22H2,1-5H3,(H,34,38)/t30-/m0/s1. The molecule has 3 rings (SSSR count). The Balaban J connectivity index is 2.04. The molecule has 0 aliphatic rings. The second-order valence-electron chi connectivity index (χ2n) is 10.4. The third-order valence-electron chi connectivity index (χ3n) is 6.69. The molecule has 0 saturated heterocycles. The first kappa shape index (κ1) is 32.9. The quantitative estimate of drug-likeness (QED) is 0.247. The number of carbonyl (C=O) groups is 2. The lowest BCUT2D eigenvalue weighted by Gasteiger charge is -2.33. The van der Waals surface area contributed by atoms with E-state index in [-0.39, 0.29) is 23.3 Å². The van der Waals surface area contributed by atoms with Crippen molar-refractivity contribution >= 4 is 39.1 Å². The van der Waals surface area contributed by atoms with Crippen molar-refractivity contribution in [1.82, 2.24) is 10.2 Å². The predicted molar refractivity (Wildman–Crippen MR) is 167 cm³/mol. The van der Waals surface area contributed by atoms with Crippen LogP contribution in [0.25, 0.3) is 0 Å². The number of carbonyl (C=O) groups excluding carboxylic acids is 2. The minimum Gasteiger partial charge on any atom is -0.494 e. The summed E-state index contributed by atoms with van der Waals surface area (Å²) >= 11 is 6.45. The first-order valence-corrected chi connectivity index (χ1v) is 15.9. The molecule has 0 saturated carbocycles. The first-order valence-electron chi connectivity index (χ1n) is 14.1. The molecule has 0 spiro atoms. The molecule has 42 heavy (non-hydrogen) atoms. The van der Waals surface area contributed by atoms with Gasteiger partial charge in [0.05, 0.1) is 17.2 Å². The van der Waals surface area contributed by atoms with Crippen molar-refractivity contribution in [2.75, 3.05) is 24.0 Å². The molecule has 0 bridgehead atoms. The van der Waals surface area contributed by atoms with Gasteiger partial charge in [0, 0.05) is 18.1 Å². The fraction of sp³-hybridized carbons (Fsp3) is 0.375. The van der Waals surface area contributed by atoms with Crippen molar-refractivity contribution < 1.29 is 22.7 Å². The van der Waals surface area contributed by atoms with Crippen molar-refractivity contribution in [2.45, 2.75) is 58.5 Å². The van der Waals surface area contributed by atoms with Crippen molar-refractivity contribution in [3.05, 3.63) is 88.9 Å². The number of rotatable bonds is 14. The highest BCUT2D eigenvalue weighted by atomic mass is 35.5. The average Bonchev–Trinajstić information content (AvgIpc) is 2.96. The summed E-state index contributed by atoms with van der Waals surface area (Å²) < 4.78 is 34.6. The number of anilines is 1. The van der Waals surface area contributed by atoms with E-state index in [1.54, 1.807) is 60.7 Å². The number of halogens is 1. The number of benzene rings is 3. The van der Waals surface area contributed by atoms with Crippen LogP contribution < -0.4 is 14.4 Å². The van der Waals surface area contributed by atoms with Gasteiger partial charge >= 0.3 is 0 Å². The maximum absolute atomic E-state index is 14.1. The summed E-state index contributed by atoms with van der Waals surface area (Å²) in [6.07, 6.45) is 0.330. The van der Waals surface area contributed by atoms with Gasteiger partial charge in [-0.1, -0.05) is 68.3 Å². The van der Waals surface area contributed by atoms with E-state index < -0.39 is 28.5 Å². The zero-order valence-corrected chi connectivity index (χ0v) is 26.4. The maximum Gasteiger partial charge on any atom is 0.264 e. The summed E-state index contributed by atoms with van der Waals surface area (Å²) in [6, 6.07) is 19.3. The monoisotopic (exact) mass is 613 g/mol. The van der Waals surface area contributed by atoms with E-state index in [0.29, 0.717) is 41.6 Å². The second-order valence-corrected chi connectivity index (χ2v) is 12.7. The first-order chi connectivity index (χ1) is 20.0. The van der Waals surface area contributed by atoms with Gasteiger partial charge in [0.1, 0.15) is 18.3 Å². The van der Waals surface area contributed by atoms with Gasteiger partial charge in [-0.2, -0.15) is 0 Å². The van der Waals surface area contributed by atoms with Crippen LogP contribution in [0.3, 0.4) is 0 Å². The normalized spacial score (nSPS) is 12.1. The fourth-order valence-electron chi connectivity index (χ4n) is 4.39. The van der Waals surface area contributed by atoms with Crippen LogP contribution in [0.15, 0.2) is 77.7 Å². The molecule has 0 radical (unpaired) electrons. The Morgan fingerprint density at radius 3 is 2.17 bits per heavy atom. The van der Waals surface area contributed by atoms with E-state index in [1.807, 2.05) is 34.6 Å². The molecule has 0 aliphatic carbocycles. The highest BCUT2D eigenvalue weighted by Crippen LogP contribution is 2.27. The van der Waals surface area contributed by atoms with Gasteiger partial charge < -0.3 is 15.0 Å². The molecule has 0 fully saturated rings. The zero-order valence-electron chi connectivity index (χ0n) is 24.8. The number of sulfonamides is 1. The van der Waals surface area contributed by atoms with E-state index in [2.05, 4.69) is 5.32 Å². The zero-order chi connectivity index (χ0) is 30.9. The summed E-state index contributed by atoms with van der Waals surface area (Å²) in [5.41, 5.74) is 1.92. The Labute approximate surface area is 254 Å². The average molecular weight is 614 g/mol. The molecule has 0 aliphatic heterocycles. The van der Waals surface area contributed by atoms with Crippen molar-refractivity contribution in [1.29, 1.82) is 0 Å². The number of nitrogens with one attached hydrogen (secondary N) is 1. The molecule has 226 valence electrons. The number of hydrogen-bond acceptors (Lipinski definition) is 5. The van der Waals surface area contributed by atoms with Gasteiger partial charge in [-0.25, -0.2) is 8.42 Å². The second kappa shape index (κ2) is 15.1. The number of hydrogen-bond donors (Lipinski definition) is 1. The lowest BCUT2D eigenvalue weighted by atomic mass is 10.1. The minimum atomic E-state index is -4.18. The number of nitrogens with zero attached hydrogens (tertiary/aromatic N) is 2.